The highest BCUT2D eigenvalue weighted by molar-refractivity contribution is 5.77. The fraction of sp³-hybridized carbons (Fsp3) is 0.290. The van der Waals surface area contributed by atoms with Gasteiger partial charge in [0.05, 0.1) is 23.9 Å². The van der Waals surface area contributed by atoms with Gasteiger partial charge in [0.25, 0.3) is 5.56 Å². The number of furan rings is 1. The summed E-state index contributed by atoms with van der Waals surface area (Å²) in [5.74, 6) is 5.81. The Kier molecular flexibility index (Phi) is 7.84. The lowest BCUT2D eigenvalue weighted by molar-refractivity contribution is -0.138. The lowest BCUT2D eigenvalue weighted by Crippen LogP contribution is -2.39. The van der Waals surface area contributed by atoms with E-state index in [4.69, 9.17) is 4.42 Å². The molecule has 1 aliphatic heterocycles. The first-order chi connectivity index (χ1) is 21.1. The summed E-state index contributed by atoms with van der Waals surface area (Å²) in [6.07, 6.45) is 3.31. The van der Waals surface area contributed by atoms with Crippen LogP contribution in [0.15, 0.2) is 70.5 Å². The first kappa shape index (κ1) is 29.0. The van der Waals surface area contributed by atoms with Crippen molar-refractivity contribution in [2.24, 2.45) is 7.05 Å². The number of rotatable bonds is 6. The summed E-state index contributed by atoms with van der Waals surface area (Å²) in [5, 5.41) is 7.10. The van der Waals surface area contributed by atoms with Gasteiger partial charge < -0.3 is 24.5 Å². The van der Waals surface area contributed by atoms with Gasteiger partial charge in [0.2, 0.25) is 5.95 Å². The quantitative estimate of drug-likeness (QED) is 0.266. The summed E-state index contributed by atoms with van der Waals surface area (Å²) < 4.78 is 48.9. The van der Waals surface area contributed by atoms with Crippen LogP contribution in [0.2, 0.25) is 0 Å². The second-order valence-corrected chi connectivity index (χ2v) is 10.7. The first-order valence-electron chi connectivity index (χ1n) is 14.0. The number of aryl methyl sites for hydroxylation is 1. The molecule has 5 heterocycles. The lowest BCUT2D eigenvalue weighted by atomic mass is 10.1. The van der Waals surface area contributed by atoms with E-state index in [0.29, 0.717) is 22.9 Å². The molecule has 2 N–H and O–H groups in total. The number of nitrogens with zero attached hydrogens (tertiary/aromatic N) is 6. The summed E-state index contributed by atoms with van der Waals surface area (Å²) in [7, 11) is 3.87. The van der Waals surface area contributed by atoms with Gasteiger partial charge >= 0.3 is 6.18 Å². The average molecular weight is 603 g/mol. The number of halogens is 3. The fourth-order valence-corrected chi connectivity index (χ4v) is 5.22. The molecule has 1 aliphatic rings. The van der Waals surface area contributed by atoms with Gasteiger partial charge in [-0.15, -0.1) is 0 Å². The van der Waals surface area contributed by atoms with Crippen LogP contribution in [-0.4, -0.2) is 55.2 Å². The molecule has 6 rings (SSSR count). The zero-order valence-electron chi connectivity index (χ0n) is 24.0. The summed E-state index contributed by atoms with van der Waals surface area (Å²) in [5.41, 5.74) is 0.270. The van der Waals surface area contributed by atoms with Gasteiger partial charge in [0.15, 0.2) is 5.82 Å². The van der Waals surface area contributed by atoms with Crippen LogP contribution in [0.4, 0.5) is 30.5 Å². The van der Waals surface area contributed by atoms with Crippen molar-refractivity contribution in [2.45, 2.75) is 31.6 Å². The highest BCUT2D eigenvalue weighted by Gasteiger charge is 2.35. The maximum atomic E-state index is 13.7. The van der Waals surface area contributed by atoms with Gasteiger partial charge in [-0.1, -0.05) is 5.92 Å². The van der Waals surface area contributed by atoms with Gasteiger partial charge in [-0.05, 0) is 68.8 Å². The largest absolute Gasteiger partial charge is 0.467 e. The zero-order chi connectivity index (χ0) is 30.8. The minimum absolute atomic E-state index is 0.0529. The maximum Gasteiger partial charge on any atom is 0.419 e. The molecular formula is C31H29F3N8O2. The summed E-state index contributed by atoms with van der Waals surface area (Å²) in [6, 6.07) is 10.4. The van der Waals surface area contributed by atoms with Gasteiger partial charge in [0.1, 0.15) is 11.4 Å². The molecule has 4 aromatic heterocycles. The summed E-state index contributed by atoms with van der Waals surface area (Å²) >= 11 is 0. The molecule has 1 unspecified atom stereocenters. The van der Waals surface area contributed by atoms with Crippen LogP contribution < -0.4 is 16.2 Å². The SMILES string of the molecule is CN1CCCC(Nc2ccc(Nc3ncc4cc(C#Cc5nccn5C)c(=O)n(Cc5occc5C(F)(F)F)c4n3)cc2)C1. The van der Waals surface area contributed by atoms with Crippen LogP contribution in [0, 0.1) is 11.8 Å². The topological polar surface area (TPSA) is 106 Å². The molecule has 1 fully saturated rings. The lowest BCUT2D eigenvalue weighted by Gasteiger charge is -2.30. The van der Waals surface area contributed by atoms with Crippen molar-refractivity contribution in [1.82, 2.24) is 29.0 Å². The number of likely N-dealkylation sites (tertiary alicyclic amines) is 1. The molecule has 226 valence electrons. The van der Waals surface area contributed by atoms with E-state index in [-0.39, 0.29) is 17.2 Å². The van der Waals surface area contributed by atoms with Crippen molar-refractivity contribution in [1.29, 1.82) is 0 Å². The Balaban J connectivity index is 1.33. The summed E-state index contributed by atoms with van der Waals surface area (Å²) in [4.78, 5) is 29.0. The first-order valence-corrected chi connectivity index (χ1v) is 14.0. The molecule has 10 nitrogen and oxygen atoms in total. The van der Waals surface area contributed by atoms with Crippen molar-refractivity contribution in [3.63, 3.8) is 0 Å². The number of likely N-dealkylation sites (N-methyl/N-ethyl adjacent to an activating group) is 1. The van der Waals surface area contributed by atoms with Crippen molar-refractivity contribution in [3.8, 4) is 11.8 Å². The number of benzene rings is 1. The van der Waals surface area contributed by atoms with Crippen LogP contribution in [0.3, 0.4) is 0 Å². The summed E-state index contributed by atoms with van der Waals surface area (Å²) in [6.45, 7) is 1.57. The van der Waals surface area contributed by atoms with Crippen molar-refractivity contribution in [2.75, 3.05) is 30.8 Å². The van der Waals surface area contributed by atoms with Gasteiger partial charge in [0, 0.05) is 55.0 Å². The number of alkyl halides is 3. The Labute approximate surface area is 250 Å². The number of hydrogen-bond donors (Lipinski definition) is 2. The fourth-order valence-electron chi connectivity index (χ4n) is 5.22. The smallest absolute Gasteiger partial charge is 0.419 e. The predicted octanol–water partition coefficient (Wildman–Crippen LogP) is 4.83. The van der Waals surface area contributed by atoms with E-state index in [9.17, 15) is 18.0 Å². The second-order valence-electron chi connectivity index (χ2n) is 10.7. The molecule has 0 bridgehead atoms. The second kappa shape index (κ2) is 11.9. The third-order valence-electron chi connectivity index (χ3n) is 7.45. The van der Waals surface area contributed by atoms with Gasteiger partial charge in [-0.25, -0.2) is 9.97 Å². The van der Waals surface area contributed by atoms with Gasteiger partial charge in [-0.2, -0.15) is 18.2 Å². The molecule has 1 atom stereocenters. The Morgan fingerprint density at radius 3 is 2.61 bits per heavy atom. The Morgan fingerprint density at radius 2 is 1.89 bits per heavy atom. The third-order valence-corrected chi connectivity index (χ3v) is 7.45. The highest BCUT2D eigenvalue weighted by Crippen LogP contribution is 2.33. The van der Waals surface area contributed by atoms with Crippen molar-refractivity contribution < 1.29 is 17.6 Å². The van der Waals surface area contributed by atoms with Crippen LogP contribution >= 0.6 is 0 Å². The van der Waals surface area contributed by atoms with Crippen molar-refractivity contribution >= 4 is 28.4 Å². The van der Waals surface area contributed by atoms with E-state index < -0.39 is 29.6 Å². The van der Waals surface area contributed by atoms with E-state index in [1.807, 2.05) is 24.3 Å². The average Bonchev–Trinajstić information content (AvgIpc) is 3.63. The highest BCUT2D eigenvalue weighted by atomic mass is 19.4. The molecule has 0 spiro atoms. The van der Waals surface area contributed by atoms with E-state index in [1.54, 1.807) is 24.0 Å². The number of piperidine rings is 1. The third kappa shape index (κ3) is 6.30. The number of imidazole rings is 1. The number of fused-ring (bicyclic) bond motifs is 1. The van der Waals surface area contributed by atoms with Crippen LogP contribution in [0.5, 0.6) is 0 Å². The molecule has 1 aromatic carbocycles. The molecule has 44 heavy (non-hydrogen) atoms. The zero-order valence-corrected chi connectivity index (χ0v) is 24.0. The monoisotopic (exact) mass is 602 g/mol. The van der Waals surface area contributed by atoms with Crippen LogP contribution in [-0.2, 0) is 19.8 Å². The van der Waals surface area contributed by atoms with E-state index in [0.717, 1.165) is 48.5 Å². The van der Waals surface area contributed by atoms with E-state index >= 15 is 0 Å². The molecule has 0 amide bonds. The molecule has 1 saturated heterocycles. The number of hydrogen-bond acceptors (Lipinski definition) is 8. The predicted molar refractivity (Wildman–Crippen MR) is 160 cm³/mol. The number of anilines is 3. The standard InChI is InChI=1S/C31H29F3N8O2/c1-40-13-3-4-24(18-40)37-22-6-8-23(9-7-22)38-30-36-17-21-16-20(5-10-27-35-12-14-41(27)2)29(43)42(28(21)39-30)19-26-25(11-15-44-26)31(32,33)34/h6-9,11-12,14-17,24,37H,3-4,13,18-19H2,1-2H3,(H,36,38,39). The molecular weight excluding hydrogens is 573 g/mol. The Hall–Kier alpha value is -5.09. The minimum atomic E-state index is -4.66. The normalized spacial score (nSPS) is 15.6. The van der Waals surface area contributed by atoms with Crippen LogP contribution in [0.1, 0.15) is 35.6 Å². The molecule has 13 heteroatoms. The van der Waals surface area contributed by atoms with E-state index in [2.05, 4.69) is 49.4 Å². The number of pyridine rings is 1. The van der Waals surface area contributed by atoms with Crippen molar-refractivity contribution in [3.05, 3.63) is 94.3 Å². The molecule has 0 radical (unpaired) electrons. The molecule has 0 saturated carbocycles. The molecule has 0 aliphatic carbocycles. The maximum absolute atomic E-state index is 13.7. The minimum Gasteiger partial charge on any atom is -0.467 e. The molecule has 5 aromatic rings. The van der Waals surface area contributed by atoms with Crippen LogP contribution in [0.25, 0.3) is 11.0 Å². The Bertz CT molecular complexity index is 1910. The number of aromatic nitrogens is 5. The Morgan fingerprint density at radius 1 is 1.09 bits per heavy atom. The van der Waals surface area contributed by atoms with Gasteiger partial charge in [-0.3, -0.25) is 9.36 Å². The van der Waals surface area contributed by atoms with E-state index in [1.165, 1.54) is 12.3 Å². The number of nitrogens with one attached hydrogen (secondary N) is 2.